The van der Waals surface area contributed by atoms with Gasteiger partial charge >= 0.3 is 0 Å². The molecule has 1 aliphatic heterocycles. The van der Waals surface area contributed by atoms with E-state index in [0.717, 1.165) is 30.8 Å². The number of amides is 1. The summed E-state index contributed by atoms with van der Waals surface area (Å²) >= 11 is 0. The van der Waals surface area contributed by atoms with Crippen LogP contribution in [0.2, 0.25) is 0 Å². The molecule has 2 aromatic rings. The van der Waals surface area contributed by atoms with Gasteiger partial charge < -0.3 is 20.3 Å². The SMILES string of the molecule is CN(C)C(=O)CNC(=NCc1ccn(-c2ccc(F)cc2)n1)NCC1CCCO1.I. The van der Waals surface area contributed by atoms with Gasteiger partial charge in [-0.05, 0) is 43.2 Å². The Hall–Kier alpha value is -2.21. The number of likely N-dealkylation sites (N-methyl/N-ethyl adjacent to an activating group) is 1. The van der Waals surface area contributed by atoms with E-state index in [1.807, 2.05) is 6.07 Å². The van der Waals surface area contributed by atoms with Gasteiger partial charge in [0.25, 0.3) is 0 Å². The number of carbonyl (C=O) groups excluding carboxylic acids is 1. The van der Waals surface area contributed by atoms with Crippen LogP contribution in [-0.4, -0.2) is 66.4 Å². The second-order valence-corrected chi connectivity index (χ2v) is 7.05. The molecule has 0 bridgehead atoms. The van der Waals surface area contributed by atoms with Gasteiger partial charge in [0.05, 0.1) is 30.6 Å². The molecule has 1 atom stereocenters. The number of hydrogen-bond donors (Lipinski definition) is 2. The first-order valence-corrected chi connectivity index (χ1v) is 9.65. The molecule has 1 unspecified atom stereocenters. The van der Waals surface area contributed by atoms with Crippen molar-refractivity contribution in [2.75, 3.05) is 33.8 Å². The van der Waals surface area contributed by atoms with E-state index in [1.54, 1.807) is 37.1 Å². The number of benzene rings is 1. The van der Waals surface area contributed by atoms with Crippen LogP contribution in [0.4, 0.5) is 4.39 Å². The van der Waals surface area contributed by atoms with Crippen LogP contribution < -0.4 is 10.6 Å². The average Bonchev–Trinajstić information content (AvgIpc) is 3.39. The minimum atomic E-state index is -0.286. The highest BCUT2D eigenvalue weighted by atomic mass is 127. The molecule has 1 fully saturated rings. The Bertz CT molecular complexity index is 834. The number of carbonyl (C=O) groups is 1. The van der Waals surface area contributed by atoms with E-state index in [1.165, 1.54) is 17.0 Å². The Balaban J connectivity index is 0.00000320. The van der Waals surface area contributed by atoms with Gasteiger partial charge in [-0.2, -0.15) is 5.10 Å². The van der Waals surface area contributed by atoms with Gasteiger partial charge in [-0.25, -0.2) is 14.1 Å². The van der Waals surface area contributed by atoms with Gasteiger partial charge in [-0.1, -0.05) is 0 Å². The number of aromatic nitrogens is 2. The molecule has 1 aromatic carbocycles. The molecule has 2 heterocycles. The van der Waals surface area contributed by atoms with Crippen LogP contribution in [0, 0.1) is 5.82 Å². The second-order valence-electron chi connectivity index (χ2n) is 7.05. The lowest BCUT2D eigenvalue weighted by molar-refractivity contribution is -0.127. The fourth-order valence-electron chi connectivity index (χ4n) is 2.85. The molecule has 0 aliphatic carbocycles. The molecule has 0 spiro atoms. The van der Waals surface area contributed by atoms with Crippen molar-refractivity contribution in [1.82, 2.24) is 25.3 Å². The summed E-state index contributed by atoms with van der Waals surface area (Å²) in [7, 11) is 3.42. The monoisotopic (exact) mass is 530 g/mol. The van der Waals surface area contributed by atoms with Crippen LogP contribution in [0.15, 0.2) is 41.5 Å². The maximum atomic E-state index is 13.1. The highest BCUT2D eigenvalue weighted by Gasteiger charge is 2.16. The zero-order valence-electron chi connectivity index (χ0n) is 17.2. The third kappa shape index (κ3) is 7.24. The van der Waals surface area contributed by atoms with E-state index < -0.39 is 0 Å². The molecule has 164 valence electrons. The van der Waals surface area contributed by atoms with E-state index >= 15 is 0 Å². The minimum Gasteiger partial charge on any atom is -0.376 e. The third-order valence-electron chi connectivity index (χ3n) is 4.56. The number of aliphatic imine (C=N–C) groups is 1. The van der Waals surface area contributed by atoms with Crippen molar-refractivity contribution in [3.8, 4) is 5.69 Å². The van der Waals surface area contributed by atoms with E-state index in [9.17, 15) is 9.18 Å². The number of ether oxygens (including phenoxy) is 1. The zero-order chi connectivity index (χ0) is 20.6. The molecule has 1 aliphatic rings. The van der Waals surface area contributed by atoms with E-state index in [4.69, 9.17) is 4.74 Å². The predicted molar refractivity (Wildman–Crippen MR) is 124 cm³/mol. The van der Waals surface area contributed by atoms with Crippen LogP contribution in [0.25, 0.3) is 5.69 Å². The Morgan fingerprint density at radius 3 is 2.73 bits per heavy atom. The molecule has 30 heavy (non-hydrogen) atoms. The van der Waals surface area contributed by atoms with E-state index in [0.29, 0.717) is 19.0 Å². The maximum Gasteiger partial charge on any atom is 0.241 e. The van der Waals surface area contributed by atoms with Gasteiger partial charge in [0, 0.05) is 33.4 Å². The highest BCUT2D eigenvalue weighted by molar-refractivity contribution is 14.0. The Morgan fingerprint density at radius 2 is 2.07 bits per heavy atom. The van der Waals surface area contributed by atoms with Crippen molar-refractivity contribution >= 4 is 35.8 Å². The molecule has 2 N–H and O–H groups in total. The number of rotatable bonds is 7. The summed E-state index contributed by atoms with van der Waals surface area (Å²) in [4.78, 5) is 17.9. The van der Waals surface area contributed by atoms with Crippen molar-refractivity contribution in [2.24, 2.45) is 4.99 Å². The standard InChI is InChI=1S/C20H27FN6O2.HI/c1-26(2)19(28)14-24-20(23-13-18-4-3-11-29-18)22-12-16-9-10-27(25-16)17-7-5-15(21)6-8-17;/h5-10,18H,3-4,11-14H2,1-2H3,(H2,22,23,24);1H. The average molecular weight is 530 g/mol. The molecule has 1 amide bonds. The van der Waals surface area contributed by atoms with Gasteiger partial charge in [0.2, 0.25) is 5.91 Å². The van der Waals surface area contributed by atoms with Crippen LogP contribution >= 0.6 is 24.0 Å². The van der Waals surface area contributed by atoms with Crippen molar-refractivity contribution in [2.45, 2.75) is 25.5 Å². The maximum absolute atomic E-state index is 13.1. The van der Waals surface area contributed by atoms with Crippen LogP contribution in [-0.2, 0) is 16.1 Å². The van der Waals surface area contributed by atoms with Gasteiger partial charge in [0.1, 0.15) is 5.82 Å². The number of guanidine groups is 1. The molecule has 1 saturated heterocycles. The highest BCUT2D eigenvalue weighted by Crippen LogP contribution is 2.11. The summed E-state index contributed by atoms with van der Waals surface area (Å²) in [5, 5.41) is 10.8. The summed E-state index contributed by atoms with van der Waals surface area (Å²) in [6.45, 7) is 1.90. The summed E-state index contributed by atoms with van der Waals surface area (Å²) < 4.78 is 20.4. The summed E-state index contributed by atoms with van der Waals surface area (Å²) in [6, 6.07) is 7.98. The Labute approximate surface area is 192 Å². The number of nitrogens with zero attached hydrogens (tertiary/aromatic N) is 4. The normalized spacial score (nSPS) is 16.1. The largest absolute Gasteiger partial charge is 0.376 e. The first-order chi connectivity index (χ1) is 14.0. The Morgan fingerprint density at radius 1 is 1.30 bits per heavy atom. The Kier molecular flexibility index (Phi) is 9.50. The summed E-state index contributed by atoms with van der Waals surface area (Å²) in [5.74, 6) is 0.204. The lowest BCUT2D eigenvalue weighted by Crippen LogP contribution is -2.45. The lowest BCUT2D eigenvalue weighted by atomic mass is 10.2. The quantitative estimate of drug-likeness (QED) is 0.325. The van der Waals surface area contributed by atoms with Crippen LogP contribution in [0.3, 0.4) is 0 Å². The van der Waals surface area contributed by atoms with Crippen LogP contribution in [0.5, 0.6) is 0 Å². The molecule has 0 saturated carbocycles. The molecule has 10 heteroatoms. The fraction of sp³-hybridized carbons (Fsp3) is 0.450. The topological polar surface area (TPSA) is 83.8 Å². The summed E-state index contributed by atoms with van der Waals surface area (Å²) in [5.41, 5.74) is 1.53. The predicted octanol–water partition coefficient (Wildman–Crippen LogP) is 1.93. The minimum absolute atomic E-state index is 0. The lowest BCUT2D eigenvalue weighted by Gasteiger charge is -2.16. The van der Waals surface area contributed by atoms with Crippen molar-refractivity contribution < 1.29 is 13.9 Å². The van der Waals surface area contributed by atoms with Crippen LogP contribution in [0.1, 0.15) is 18.5 Å². The van der Waals surface area contributed by atoms with Crippen molar-refractivity contribution in [3.05, 3.63) is 48.0 Å². The molecular weight excluding hydrogens is 502 g/mol. The van der Waals surface area contributed by atoms with Gasteiger partial charge in [-0.3, -0.25) is 4.79 Å². The smallest absolute Gasteiger partial charge is 0.241 e. The summed E-state index contributed by atoms with van der Waals surface area (Å²) in [6.07, 6.45) is 4.04. The van der Waals surface area contributed by atoms with E-state index in [2.05, 4.69) is 20.7 Å². The third-order valence-corrected chi connectivity index (χ3v) is 4.56. The van der Waals surface area contributed by atoms with Crippen molar-refractivity contribution in [3.63, 3.8) is 0 Å². The second kappa shape index (κ2) is 11.8. The first kappa shape index (κ1) is 24.1. The number of hydrogen-bond acceptors (Lipinski definition) is 4. The fourth-order valence-corrected chi connectivity index (χ4v) is 2.85. The molecule has 1 aromatic heterocycles. The number of nitrogens with one attached hydrogen (secondary N) is 2. The molecule has 8 nitrogen and oxygen atoms in total. The van der Waals surface area contributed by atoms with Crippen molar-refractivity contribution in [1.29, 1.82) is 0 Å². The molecule has 0 radical (unpaired) electrons. The zero-order valence-corrected chi connectivity index (χ0v) is 19.5. The van der Waals surface area contributed by atoms with Gasteiger partial charge in [-0.15, -0.1) is 24.0 Å². The van der Waals surface area contributed by atoms with Gasteiger partial charge in [0.15, 0.2) is 5.96 Å². The molecule has 3 rings (SSSR count). The number of halogens is 2. The first-order valence-electron chi connectivity index (χ1n) is 9.65. The molecular formula is C20H28FIN6O2. The van der Waals surface area contributed by atoms with E-state index in [-0.39, 0.29) is 48.3 Å².